The Morgan fingerprint density at radius 3 is 2.75 bits per heavy atom. The fraction of sp³-hybridized carbons (Fsp3) is 0.500. The molecule has 0 spiro atoms. The van der Waals surface area contributed by atoms with Crippen molar-refractivity contribution in [2.75, 3.05) is 5.73 Å². The van der Waals surface area contributed by atoms with Crippen LogP contribution in [0.5, 0.6) is 0 Å². The van der Waals surface area contributed by atoms with Crippen molar-refractivity contribution in [3.63, 3.8) is 0 Å². The Bertz CT molecular complexity index is 283. The van der Waals surface area contributed by atoms with Gasteiger partial charge in [-0.15, -0.1) is 5.10 Å². The summed E-state index contributed by atoms with van der Waals surface area (Å²) in [5, 5.41) is 6.23. The summed E-state index contributed by atoms with van der Waals surface area (Å²) in [6, 6.07) is 0.0963. The Morgan fingerprint density at radius 1 is 1.67 bits per heavy atom. The highest BCUT2D eigenvalue weighted by Gasteiger charge is 2.13. The highest BCUT2D eigenvalue weighted by molar-refractivity contribution is 7.08. The Balaban J connectivity index is 2.72. The molecule has 1 aromatic rings. The van der Waals surface area contributed by atoms with Crippen LogP contribution in [0.25, 0.3) is 0 Å². The molecule has 66 valence electrons. The predicted molar refractivity (Wildman–Crippen MR) is 46.9 cm³/mol. The molecule has 5 nitrogen and oxygen atoms in total. The van der Waals surface area contributed by atoms with Crippen molar-refractivity contribution in [3.05, 3.63) is 4.88 Å². The van der Waals surface area contributed by atoms with Crippen molar-refractivity contribution in [3.8, 4) is 0 Å². The number of aromatic nitrogens is 2. The Morgan fingerprint density at radius 2 is 2.33 bits per heavy atom. The van der Waals surface area contributed by atoms with E-state index in [4.69, 9.17) is 5.73 Å². The summed E-state index contributed by atoms with van der Waals surface area (Å²) in [6.45, 7) is 3.76. The quantitative estimate of drug-likeness (QED) is 0.694. The van der Waals surface area contributed by atoms with Crippen LogP contribution in [0.4, 0.5) is 5.82 Å². The van der Waals surface area contributed by atoms with Gasteiger partial charge in [0.2, 0.25) is 0 Å². The van der Waals surface area contributed by atoms with Crippen molar-refractivity contribution in [1.82, 2.24) is 14.9 Å². The zero-order valence-corrected chi connectivity index (χ0v) is 7.68. The van der Waals surface area contributed by atoms with Crippen LogP contribution in [0.3, 0.4) is 0 Å². The maximum absolute atomic E-state index is 11.3. The molecule has 1 heterocycles. The van der Waals surface area contributed by atoms with Crippen LogP contribution < -0.4 is 11.1 Å². The third-order valence-corrected chi connectivity index (χ3v) is 1.88. The molecule has 1 aromatic heterocycles. The van der Waals surface area contributed by atoms with Gasteiger partial charge in [-0.2, -0.15) is 0 Å². The first-order chi connectivity index (χ1) is 5.61. The molecule has 0 aliphatic heterocycles. The lowest BCUT2D eigenvalue weighted by molar-refractivity contribution is 0.0948. The number of nitrogens with zero attached hydrogens (tertiary/aromatic N) is 2. The van der Waals surface area contributed by atoms with E-state index < -0.39 is 0 Å². The standard InChI is InChI=1S/C6H10N4OS/c1-3(2)8-6(11)4-5(7)9-10-12-4/h3H,7H2,1-2H3,(H,8,11). The number of carbonyl (C=O) groups is 1. The molecular weight excluding hydrogens is 176 g/mol. The summed E-state index contributed by atoms with van der Waals surface area (Å²) >= 11 is 1.00. The normalized spacial score (nSPS) is 10.2. The van der Waals surface area contributed by atoms with Crippen LogP contribution >= 0.6 is 11.5 Å². The number of hydrogen-bond acceptors (Lipinski definition) is 5. The molecule has 1 rings (SSSR count). The average molecular weight is 186 g/mol. The summed E-state index contributed by atoms with van der Waals surface area (Å²) in [5.74, 6) is -0.0179. The summed E-state index contributed by atoms with van der Waals surface area (Å²) < 4.78 is 3.56. The molecule has 0 bridgehead atoms. The molecule has 0 atom stereocenters. The first-order valence-corrected chi connectivity index (χ1v) is 4.27. The van der Waals surface area contributed by atoms with E-state index in [1.165, 1.54) is 0 Å². The second-order valence-electron chi connectivity index (χ2n) is 2.62. The Labute approximate surface area is 74.1 Å². The van der Waals surface area contributed by atoms with E-state index in [2.05, 4.69) is 14.9 Å². The lowest BCUT2D eigenvalue weighted by atomic mass is 10.3. The molecule has 3 N–H and O–H groups in total. The van der Waals surface area contributed by atoms with Gasteiger partial charge in [0.1, 0.15) is 0 Å². The molecule has 0 unspecified atom stereocenters. The van der Waals surface area contributed by atoms with Crippen LogP contribution in [0, 0.1) is 0 Å². The molecule has 6 heteroatoms. The number of carbonyl (C=O) groups excluding carboxylic acids is 1. The van der Waals surface area contributed by atoms with Crippen molar-refractivity contribution < 1.29 is 4.79 Å². The van der Waals surface area contributed by atoms with Crippen molar-refractivity contribution >= 4 is 23.3 Å². The molecule has 0 aliphatic rings. The predicted octanol–water partition coefficient (Wildman–Crippen LogP) is 0.259. The van der Waals surface area contributed by atoms with Gasteiger partial charge in [-0.25, -0.2) is 0 Å². The first kappa shape index (κ1) is 8.92. The van der Waals surface area contributed by atoms with Gasteiger partial charge < -0.3 is 11.1 Å². The second-order valence-corrected chi connectivity index (χ2v) is 3.37. The lowest BCUT2D eigenvalue weighted by Crippen LogP contribution is -2.29. The number of amides is 1. The number of hydrogen-bond donors (Lipinski definition) is 2. The van der Waals surface area contributed by atoms with Gasteiger partial charge in [0.15, 0.2) is 10.7 Å². The SMILES string of the molecule is CC(C)NC(=O)c1snnc1N. The number of rotatable bonds is 2. The summed E-state index contributed by atoms with van der Waals surface area (Å²) in [5.41, 5.74) is 5.39. The molecule has 12 heavy (non-hydrogen) atoms. The zero-order valence-electron chi connectivity index (χ0n) is 6.87. The smallest absolute Gasteiger partial charge is 0.267 e. The zero-order chi connectivity index (χ0) is 9.14. The Hall–Kier alpha value is -1.17. The van der Waals surface area contributed by atoms with Crippen LogP contribution in [-0.2, 0) is 0 Å². The highest BCUT2D eigenvalue weighted by atomic mass is 32.1. The van der Waals surface area contributed by atoms with E-state index in [1.54, 1.807) is 0 Å². The summed E-state index contributed by atoms with van der Waals surface area (Å²) in [4.78, 5) is 11.7. The number of nitrogens with one attached hydrogen (secondary N) is 1. The van der Waals surface area contributed by atoms with Gasteiger partial charge >= 0.3 is 0 Å². The molecule has 0 aliphatic carbocycles. The largest absolute Gasteiger partial charge is 0.381 e. The van der Waals surface area contributed by atoms with E-state index >= 15 is 0 Å². The molecule has 0 aromatic carbocycles. The minimum absolute atomic E-state index is 0.0963. The van der Waals surface area contributed by atoms with Crippen LogP contribution in [0.2, 0.25) is 0 Å². The van der Waals surface area contributed by atoms with E-state index in [-0.39, 0.29) is 17.8 Å². The minimum Gasteiger partial charge on any atom is -0.381 e. The number of anilines is 1. The highest BCUT2D eigenvalue weighted by Crippen LogP contribution is 2.11. The van der Waals surface area contributed by atoms with Gasteiger partial charge in [-0.3, -0.25) is 4.79 Å². The third-order valence-electron chi connectivity index (χ3n) is 1.14. The van der Waals surface area contributed by atoms with Gasteiger partial charge in [0.05, 0.1) is 0 Å². The van der Waals surface area contributed by atoms with Gasteiger partial charge in [-0.05, 0) is 25.4 Å². The fourth-order valence-corrected chi connectivity index (χ4v) is 1.17. The fourth-order valence-electron chi connectivity index (χ4n) is 0.683. The maximum Gasteiger partial charge on any atom is 0.267 e. The van der Waals surface area contributed by atoms with Crippen molar-refractivity contribution in [2.45, 2.75) is 19.9 Å². The molecule has 0 saturated heterocycles. The molecular formula is C6H10N4OS. The minimum atomic E-state index is -0.211. The monoisotopic (exact) mass is 186 g/mol. The van der Waals surface area contributed by atoms with E-state index in [1.807, 2.05) is 13.8 Å². The van der Waals surface area contributed by atoms with Crippen LogP contribution in [-0.4, -0.2) is 21.5 Å². The second kappa shape index (κ2) is 3.48. The lowest BCUT2D eigenvalue weighted by Gasteiger charge is -2.05. The van der Waals surface area contributed by atoms with Gasteiger partial charge in [-0.1, -0.05) is 4.49 Å². The number of nitrogen functional groups attached to an aromatic ring is 1. The summed E-state index contributed by atoms with van der Waals surface area (Å²) in [6.07, 6.45) is 0. The maximum atomic E-state index is 11.3. The van der Waals surface area contributed by atoms with Gasteiger partial charge in [0.25, 0.3) is 5.91 Å². The third kappa shape index (κ3) is 1.91. The van der Waals surface area contributed by atoms with Crippen LogP contribution in [0.1, 0.15) is 23.5 Å². The van der Waals surface area contributed by atoms with Crippen molar-refractivity contribution in [2.24, 2.45) is 0 Å². The summed E-state index contributed by atoms with van der Waals surface area (Å²) in [7, 11) is 0. The molecule has 0 radical (unpaired) electrons. The number of nitrogens with two attached hydrogens (primary N) is 1. The van der Waals surface area contributed by atoms with Crippen LogP contribution in [0.15, 0.2) is 0 Å². The average Bonchev–Trinajstić information content (AvgIpc) is 2.33. The van der Waals surface area contributed by atoms with Gasteiger partial charge in [0, 0.05) is 6.04 Å². The molecule has 0 saturated carbocycles. The van der Waals surface area contributed by atoms with E-state index in [9.17, 15) is 4.79 Å². The topological polar surface area (TPSA) is 80.9 Å². The molecule has 1 amide bonds. The van der Waals surface area contributed by atoms with E-state index in [0.717, 1.165) is 11.5 Å². The molecule has 0 fully saturated rings. The first-order valence-electron chi connectivity index (χ1n) is 3.50. The Kier molecular flexibility index (Phi) is 2.59. The van der Waals surface area contributed by atoms with E-state index in [0.29, 0.717) is 4.88 Å². The van der Waals surface area contributed by atoms with Crippen molar-refractivity contribution in [1.29, 1.82) is 0 Å².